The number of hydrazone groups is 1. The average Bonchev–Trinajstić information content (AvgIpc) is 2.80. The lowest BCUT2D eigenvalue weighted by atomic mass is 10.2. The van der Waals surface area contributed by atoms with Gasteiger partial charge in [-0.05, 0) is 68.7 Å². The Kier molecular flexibility index (Phi) is 10.3. The van der Waals surface area contributed by atoms with Gasteiger partial charge >= 0.3 is 11.8 Å². The smallest absolute Gasteiger partial charge is 0.329 e. The van der Waals surface area contributed by atoms with E-state index < -0.39 is 11.8 Å². The van der Waals surface area contributed by atoms with Crippen molar-refractivity contribution in [3.8, 4) is 11.5 Å². The summed E-state index contributed by atoms with van der Waals surface area (Å²) in [4.78, 5) is 35.9. The average molecular weight is 489 g/mol. The largest absolute Gasteiger partial charge is 0.490 e. The molecular formula is C24H29ClN4O5. The maximum absolute atomic E-state index is 12.3. The van der Waals surface area contributed by atoms with Gasteiger partial charge in [-0.3, -0.25) is 14.4 Å². The number of aryl methyl sites for hydroxylation is 1. The summed E-state index contributed by atoms with van der Waals surface area (Å²) in [6.07, 6.45) is 2.08. The molecule has 0 fully saturated rings. The summed E-state index contributed by atoms with van der Waals surface area (Å²) in [5.74, 6) is -1.19. The van der Waals surface area contributed by atoms with Crippen LogP contribution in [0.15, 0.2) is 41.5 Å². The molecule has 0 unspecified atom stereocenters. The van der Waals surface area contributed by atoms with Crippen LogP contribution >= 0.6 is 11.6 Å². The molecule has 0 aliphatic heterocycles. The molecule has 0 saturated heterocycles. The molecule has 10 heteroatoms. The fraction of sp³-hybridized carbons (Fsp3) is 0.333. The number of nitrogens with zero attached hydrogens (tertiary/aromatic N) is 1. The van der Waals surface area contributed by atoms with Crippen LogP contribution in [0.2, 0.25) is 5.02 Å². The predicted molar refractivity (Wildman–Crippen MR) is 132 cm³/mol. The molecule has 9 nitrogen and oxygen atoms in total. The van der Waals surface area contributed by atoms with E-state index in [1.54, 1.807) is 37.3 Å². The van der Waals surface area contributed by atoms with Crippen LogP contribution in [0.5, 0.6) is 11.5 Å². The number of hydrogen-bond donors (Lipinski definition) is 3. The second kappa shape index (κ2) is 13.2. The van der Waals surface area contributed by atoms with Gasteiger partial charge in [-0.2, -0.15) is 5.10 Å². The highest BCUT2D eigenvalue weighted by atomic mass is 35.5. The first-order valence-electron chi connectivity index (χ1n) is 10.8. The number of amides is 3. The van der Waals surface area contributed by atoms with Crippen molar-refractivity contribution in [2.45, 2.75) is 40.2 Å². The van der Waals surface area contributed by atoms with Crippen LogP contribution in [0.4, 0.5) is 5.69 Å². The van der Waals surface area contributed by atoms with Crippen molar-refractivity contribution in [1.29, 1.82) is 0 Å². The molecule has 2 aromatic rings. The molecule has 1 atom stereocenters. The first kappa shape index (κ1) is 26.7. The van der Waals surface area contributed by atoms with Crippen molar-refractivity contribution in [2.24, 2.45) is 5.10 Å². The summed E-state index contributed by atoms with van der Waals surface area (Å²) in [7, 11) is 0. The van der Waals surface area contributed by atoms with Crippen LogP contribution in [-0.2, 0) is 14.4 Å². The van der Waals surface area contributed by atoms with Crippen LogP contribution in [0, 0.1) is 6.92 Å². The molecule has 0 radical (unpaired) electrons. The van der Waals surface area contributed by atoms with E-state index in [0.717, 1.165) is 5.56 Å². The van der Waals surface area contributed by atoms with E-state index in [-0.39, 0.29) is 18.6 Å². The number of anilines is 1. The van der Waals surface area contributed by atoms with Crippen molar-refractivity contribution >= 4 is 41.2 Å². The van der Waals surface area contributed by atoms with Gasteiger partial charge in [-0.1, -0.05) is 24.6 Å². The lowest BCUT2D eigenvalue weighted by Gasteiger charge is -2.13. The van der Waals surface area contributed by atoms with Gasteiger partial charge in [0.25, 0.3) is 5.91 Å². The third-order valence-corrected chi connectivity index (χ3v) is 4.91. The number of benzene rings is 2. The Morgan fingerprint density at radius 2 is 1.82 bits per heavy atom. The van der Waals surface area contributed by atoms with Crippen LogP contribution in [0.1, 0.15) is 38.3 Å². The molecular weight excluding hydrogens is 460 g/mol. The van der Waals surface area contributed by atoms with E-state index in [0.29, 0.717) is 40.8 Å². The standard InChI is InChI=1S/C24H29ClN4O5/c1-5-16(4)27-23(31)24(32)29-26-13-17-8-10-20(21(11-17)33-6-2)34-14-22(30)28-19-12-18(25)9-7-15(19)3/h7-13,16H,5-6,14H2,1-4H3,(H,27,31)(H,28,30)(H,29,32)/b26-13-/t16-/m1/s1. The van der Waals surface area contributed by atoms with Gasteiger partial charge in [-0.15, -0.1) is 0 Å². The predicted octanol–water partition coefficient (Wildman–Crippen LogP) is 3.43. The Morgan fingerprint density at radius 3 is 2.53 bits per heavy atom. The molecule has 3 amide bonds. The van der Waals surface area contributed by atoms with Crippen LogP contribution in [-0.4, -0.2) is 43.2 Å². The zero-order chi connectivity index (χ0) is 25.1. The third kappa shape index (κ3) is 8.40. The van der Waals surface area contributed by atoms with E-state index in [2.05, 4.69) is 21.2 Å². The van der Waals surface area contributed by atoms with E-state index in [1.165, 1.54) is 6.21 Å². The molecule has 0 aliphatic rings. The Bertz CT molecular complexity index is 1060. The number of halogens is 1. The SMILES string of the molecule is CCOc1cc(/C=N\NC(=O)C(=O)N[C@H](C)CC)ccc1OCC(=O)Nc1cc(Cl)ccc1C. The summed E-state index contributed by atoms with van der Waals surface area (Å²) in [6, 6.07) is 10.1. The minimum absolute atomic E-state index is 0.111. The minimum atomic E-state index is -0.859. The van der Waals surface area contributed by atoms with E-state index in [4.69, 9.17) is 21.1 Å². The lowest BCUT2D eigenvalue weighted by molar-refractivity contribution is -0.139. The first-order valence-corrected chi connectivity index (χ1v) is 11.2. The van der Waals surface area contributed by atoms with E-state index >= 15 is 0 Å². The van der Waals surface area contributed by atoms with E-state index in [1.807, 2.05) is 26.8 Å². The van der Waals surface area contributed by atoms with Gasteiger partial charge in [0, 0.05) is 16.8 Å². The number of hydrogen-bond acceptors (Lipinski definition) is 6. The van der Waals surface area contributed by atoms with Crippen molar-refractivity contribution in [3.63, 3.8) is 0 Å². The van der Waals surface area contributed by atoms with Crippen LogP contribution in [0.3, 0.4) is 0 Å². The highest BCUT2D eigenvalue weighted by Gasteiger charge is 2.14. The highest BCUT2D eigenvalue weighted by molar-refractivity contribution is 6.35. The third-order valence-electron chi connectivity index (χ3n) is 4.68. The van der Waals surface area contributed by atoms with Gasteiger partial charge < -0.3 is 20.1 Å². The summed E-state index contributed by atoms with van der Waals surface area (Å²) in [6.45, 7) is 7.51. The maximum atomic E-state index is 12.3. The summed E-state index contributed by atoms with van der Waals surface area (Å²) in [5, 5.41) is 9.64. The molecule has 0 aromatic heterocycles. The second-order valence-corrected chi connectivity index (χ2v) is 7.85. The number of nitrogens with one attached hydrogen (secondary N) is 3. The summed E-state index contributed by atoms with van der Waals surface area (Å²) >= 11 is 5.99. The molecule has 182 valence electrons. The van der Waals surface area contributed by atoms with Gasteiger partial charge in [-0.25, -0.2) is 5.43 Å². The first-order chi connectivity index (χ1) is 16.2. The van der Waals surface area contributed by atoms with Gasteiger partial charge in [0.1, 0.15) is 0 Å². The zero-order valence-electron chi connectivity index (χ0n) is 19.6. The van der Waals surface area contributed by atoms with Crippen molar-refractivity contribution in [2.75, 3.05) is 18.5 Å². The lowest BCUT2D eigenvalue weighted by Crippen LogP contribution is -2.41. The molecule has 0 aliphatic carbocycles. The molecule has 2 rings (SSSR count). The fourth-order valence-corrected chi connectivity index (χ4v) is 2.83. The van der Waals surface area contributed by atoms with Crippen molar-refractivity contribution < 1.29 is 23.9 Å². The molecule has 0 spiro atoms. The normalized spacial score (nSPS) is 11.6. The van der Waals surface area contributed by atoms with Gasteiger partial charge in [0.05, 0.1) is 12.8 Å². The zero-order valence-corrected chi connectivity index (χ0v) is 20.4. The van der Waals surface area contributed by atoms with Crippen molar-refractivity contribution in [3.05, 3.63) is 52.5 Å². The number of rotatable bonds is 10. The van der Waals surface area contributed by atoms with Crippen LogP contribution in [0.25, 0.3) is 0 Å². The highest BCUT2D eigenvalue weighted by Crippen LogP contribution is 2.28. The Balaban J connectivity index is 1.98. The molecule has 3 N–H and O–H groups in total. The molecule has 0 saturated carbocycles. The topological polar surface area (TPSA) is 118 Å². The molecule has 0 bridgehead atoms. The molecule has 34 heavy (non-hydrogen) atoms. The molecule has 0 heterocycles. The van der Waals surface area contributed by atoms with Crippen molar-refractivity contribution in [1.82, 2.24) is 10.7 Å². The quantitative estimate of drug-likeness (QED) is 0.269. The summed E-state index contributed by atoms with van der Waals surface area (Å²) < 4.78 is 11.2. The van der Waals surface area contributed by atoms with Crippen LogP contribution < -0.4 is 25.5 Å². The number of carbonyl (C=O) groups is 3. The van der Waals surface area contributed by atoms with E-state index in [9.17, 15) is 14.4 Å². The Hall–Kier alpha value is -3.59. The number of carbonyl (C=O) groups excluding carboxylic acids is 3. The molecule has 2 aromatic carbocycles. The number of ether oxygens (including phenoxy) is 2. The second-order valence-electron chi connectivity index (χ2n) is 7.42. The monoisotopic (exact) mass is 488 g/mol. The van der Waals surface area contributed by atoms with Gasteiger partial charge in [0.2, 0.25) is 0 Å². The Labute approximate surface area is 203 Å². The Morgan fingerprint density at radius 1 is 1.06 bits per heavy atom. The summed E-state index contributed by atoms with van der Waals surface area (Å²) in [5.41, 5.74) is 4.26. The fourth-order valence-electron chi connectivity index (χ4n) is 2.66. The maximum Gasteiger partial charge on any atom is 0.329 e. The van der Waals surface area contributed by atoms with Gasteiger partial charge in [0.15, 0.2) is 18.1 Å². The minimum Gasteiger partial charge on any atom is -0.490 e.